The van der Waals surface area contributed by atoms with Crippen LogP contribution in [0.1, 0.15) is 5.56 Å². The Bertz CT molecular complexity index is 1450. The number of aromatic nitrogens is 1. The average molecular weight is 385 g/mol. The van der Waals surface area contributed by atoms with Crippen molar-refractivity contribution in [3.63, 3.8) is 0 Å². The van der Waals surface area contributed by atoms with Gasteiger partial charge in [-0.1, -0.05) is 72.8 Å². The molecule has 0 fully saturated rings. The monoisotopic (exact) mass is 385 g/mol. The van der Waals surface area contributed by atoms with Crippen LogP contribution in [0, 0.1) is 6.92 Å². The van der Waals surface area contributed by atoms with E-state index in [0.29, 0.717) is 5.89 Å². The topological polar surface area (TPSA) is 26.0 Å². The van der Waals surface area contributed by atoms with Crippen LogP contribution in [0.2, 0.25) is 0 Å². The maximum absolute atomic E-state index is 5.94. The molecule has 2 nitrogen and oxygen atoms in total. The molecule has 1 heterocycles. The highest BCUT2D eigenvalue weighted by Gasteiger charge is 2.14. The average Bonchev–Trinajstić information content (AvgIpc) is 3.24. The third kappa shape index (κ3) is 2.54. The fourth-order valence-corrected chi connectivity index (χ4v) is 4.43. The van der Waals surface area contributed by atoms with E-state index in [9.17, 15) is 0 Å². The van der Waals surface area contributed by atoms with Crippen LogP contribution in [0.3, 0.4) is 0 Å². The van der Waals surface area contributed by atoms with Crippen LogP contribution in [0.4, 0.5) is 0 Å². The molecule has 0 unspecified atom stereocenters. The standard InChI is InChI=1S/C28H19NO/c1-18-21-8-2-4-10-23(21)27(24-11-5-3-9-22(18)24)19-14-16-20(17-15-19)28-29-25-12-6-7-13-26(25)30-28/h2-17H,1H3. The van der Waals surface area contributed by atoms with Gasteiger partial charge >= 0.3 is 0 Å². The molecule has 0 atom stereocenters. The second-order valence-corrected chi connectivity index (χ2v) is 7.66. The van der Waals surface area contributed by atoms with Crippen molar-refractivity contribution in [1.82, 2.24) is 4.98 Å². The van der Waals surface area contributed by atoms with Gasteiger partial charge in [0.25, 0.3) is 0 Å². The van der Waals surface area contributed by atoms with Gasteiger partial charge in [0.1, 0.15) is 5.52 Å². The number of hydrogen-bond acceptors (Lipinski definition) is 2. The van der Waals surface area contributed by atoms with Crippen molar-refractivity contribution >= 4 is 32.6 Å². The first kappa shape index (κ1) is 17.0. The lowest BCUT2D eigenvalue weighted by atomic mass is 9.89. The van der Waals surface area contributed by atoms with E-state index >= 15 is 0 Å². The number of rotatable bonds is 2. The highest BCUT2D eigenvalue weighted by atomic mass is 16.3. The molecule has 6 aromatic rings. The van der Waals surface area contributed by atoms with Gasteiger partial charge in [-0.05, 0) is 69.4 Å². The lowest BCUT2D eigenvalue weighted by Crippen LogP contribution is -1.89. The van der Waals surface area contributed by atoms with Crippen molar-refractivity contribution in [2.24, 2.45) is 0 Å². The molecule has 0 aliphatic carbocycles. The predicted octanol–water partition coefficient (Wildman–Crippen LogP) is 7.78. The second-order valence-electron chi connectivity index (χ2n) is 7.66. The molecule has 0 N–H and O–H groups in total. The summed E-state index contributed by atoms with van der Waals surface area (Å²) in [5.41, 5.74) is 6.47. The molecule has 30 heavy (non-hydrogen) atoms. The first-order chi connectivity index (χ1) is 14.8. The van der Waals surface area contributed by atoms with Crippen molar-refractivity contribution in [2.75, 3.05) is 0 Å². The lowest BCUT2D eigenvalue weighted by Gasteiger charge is -2.15. The zero-order chi connectivity index (χ0) is 20.1. The van der Waals surface area contributed by atoms with Gasteiger partial charge in [0, 0.05) is 5.56 Å². The molecule has 5 aromatic carbocycles. The van der Waals surface area contributed by atoms with Crippen LogP contribution in [-0.4, -0.2) is 4.98 Å². The number of hydrogen-bond donors (Lipinski definition) is 0. The van der Waals surface area contributed by atoms with Crippen molar-refractivity contribution in [1.29, 1.82) is 0 Å². The first-order valence-corrected chi connectivity index (χ1v) is 10.2. The van der Waals surface area contributed by atoms with Crippen molar-refractivity contribution in [2.45, 2.75) is 6.92 Å². The third-order valence-corrected chi connectivity index (χ3v) is 5.92. The molecular weight excluding hydrogens is 366 g/mol. The van der Waals surface area contributed by atoms with E-state index in [2.05, 4.69) is 84.7 Å². The van der Waals surface area contributed by atoms with Crippen LogP contribution in [0.15, 0.2) is 101 Å². The Morgan fingerprint density at radius 3 is 1.73 bits per heavy atom. The fourth-order valence-electron chi connectivity index (χ4n) is 4.43. The Morgan fingerprint density at radius 2 is 1.10 bits per heavy atom. The summed E-state index contributed by atoms with van der Waals surface area (Å²) >= 11 is 0. The summed E-state index contributed by atoms with van der Waals surface area (Å²) in [6, 6.07) is 33.8. The summed E-state index contributed by atoms with van der Waals surface area (Å²) in [6.07, 6.45) is 0. The molecule has 0 saturated carbocycles. The second kappa shape index (κ2) is 6.57. The summed E-state index contributed by atoms with van der Waals surface area (Å²) < 4.78 is 5.94. The Labute approximate surface area is 174 Å². The van der Waals surface area contributed by atoms with E-state index in [0.717, 1.165) is 16.7 Å². The number of benzene rings is 5. The fraction of sp³-hybridized carbons (Fsp3) is 0.0357. The highest BCUT2D eigenvalue weighted by molar-refractivity contribution is 6.14. The summed E-state index contributed by atoms with van der Waals surface area (Å²) in [7, 11) is 0. The molecule has 0 saturated heterocycles. The molecular formula is C28H19NO. The van der Waals surface area contributed by atoms with E-state index in [1.807, 2.05) is 24.3 Å². The zero-order valence-electron chi connectivity index (χ0n) is 16.6. The molecule has 0 radical (unpaired) electrons. The number of oxazole rings is 1. The van der Waals surface area contributed by atoms with Gasteiger partial charge in [-0.2, -0.15) is 0 Å². The lowest BCUT2D eigenvalue weighted by molar-refractivity contribution is 0.620. The van der Waals surface area contributed by atoms with E-state index < -0.39 is 0 Å². The quantitative estimate of drug-likeness (QED) is 0.284. The minimum absolute atomic E-state index is 0.654. The highest BCUT2D eigenvalue weighted by Crippen LogP contribution is 2.39. The van der Waals surface area contributed by atoms with Crippen molar-refractivity contribution in [3.05, 3.63) is 103 Å². The number of fused-ring (bicyclic) bond motifs is 3. The first-order valence-electron chi connectivity index (χ1n) is 10.2. The van der Waals surface area contributed by atoms with E-state index in [-0.39, 0.29) is 0 Å². The summed E-state index contributed by atoms with van der Waals surface area (Å²) in [5, 5.41) is 5.16. The molecule has 0 aliphatic heterocycles. The Morgan fingerprint density at radius 1 is 0.567 bits per heavy atom. The van der Waals surface area contributed by atoms with Gasteiger partial charge in [0.2, 0.25) is 5.89 Å². The molecule has 0 spiro atoms. The molecule has 6 rings (SSSR count). The molecule has 2 heteroatoms. The van der Waals surface area contributed by atoms with Crippen LogP contribution in [0.5, 0.6) is 0 Å². The molecule has 0 amide bonds. The van der Waals surface area contributed by atoms with Crippen LogP contribution >= 0.6 is 0 Å². The zero-order valence-corrected chi connectivity index (χ0v) is 16.6. The van der Waals surface area contributed by atoms with Crippen LogP contribution in [0.25, 0.3) is 55.2 Å². The maximum Gasteiger partial charge on any atom is 0.227 e. The largest absolute Gasteiger partial charge is 0.436 e. The SMILES string of the molecule is Cc1c2ccccc2c(-c2ccc(-c3nc4ccccc4o3)cc2)c2ccccc12. The van der Waals surface area contributed by atoms with E-state index in [1.165, 1.54) is 38.2 Å². The molecule has 1 aromatic heterocycles. The van der Waals surface area contributed by atoms with Gasteiger partial charge in [-0.3, -0.25) is 0 Å². The smallest absolute Gasteiger partial charge is 0.227 e. The van der Waals surface area contributed by atoms with E-state index in [1.54, 1.807) is 0 Å². The van der Waals surface area contributed by atoms with Crippen LogP contribution in [-0.2, 0) is 0 Å². The van der Waals surface area contributed by atoms with E-state index in [4.69, 9.17) is 4.42 Å². The third-order valence-electron chi connectivity index (χ3n) is 5.92. The molecule has 0 aliphatic rings. The summed E-state index contributed by atoms with van der Waals surface area (Å²) in [5.74, 6) is 0.654. The summed E-state index contributed by atoms with van der Waals surface area (Å²) in [6.45, 7) is 2.21. The summed E-state index contributed by atoms with van der Waals surface area (Å²) in [4.78, 5) is 4.63. The maximum atomic E-state index is 5.94. The Balaban J connectivity index is 1.56. The van der Waals surface area contributed by atoms with Gasteiger partial charge in [0.05, 0.1) is 0 Å². The van der Waals surface area contributed by atoms with Gasteiger partial charge in [0.15, 0.2) is 5.58 Å². The van der Waals surface area contributed by atoms with Crippen molar-refractivity contribution < 1.29 is 4.42 Å². The number of nitrogens with zero attached hydrogens (tertiary/aromatic N) is 1. The predicted molar refractivity (Wildman–Crippen MR) is 125 cm³/mol. The van der Waals surface area contributed by atoms with Gasteiger partial charge < -0.3 is 4.42 Å². The van der Waals surface area contributed by atoms with Crippen LogP contribution < -0.4 is 0 Å². The number of para-hydroxylation sites is 2. The molecule has 142 valence electrons. The minimum Gasteiger partial charge on any atom is -0.436 e. The Kier molecular flexibility index (Phi) is 3.72. The van der Waals surface area contributed by atoms with Crippen molar-refractivity contribution in [3.8, 4) is 22.6 Å². The Hall–Kier alpha value is -3.91. The van der Waals surface area contributed by atoms with Gasteiger partial charge in [-0.25, -0.2) is 4.98 Å². The number of aryl methyl sites for hydroxylation is 1. The molecule has 0 bridgehead atoms. The normalized spacial score (nSPS) is 11.5. The minimum atomic E-state index is 0.654. The van der Waals surface area contributed by atoms with Gasteiger partial charge in [-0.15, -0.1) is 0 Å².